The van der Waals surface area contributed by atoms with Crippen LogP contribution in [-0.2, 0) is 14.3 Å². The van der Waals surface area contributed by atoms with Crippen LogP contribution in [0.3, 0.4) is 0 Å². The van der Waals surface area contributed by atoms with E-state index < -0.39 is 12.1 Å². The second-order valence-electron chi connectivity index (χ2n) is 17.5. The highest BCUT2D eigenvalue weighted by Gasteiger charge is 2.18. The van der Waals surface area contributed by atoms with Gasteiger partial charge in [-0.05, 0) is 57.8 Å². The molecule has 2 unspecified atom stereocenters. The number of aliphatic hydroxyl groups is 2. The van der Waals surface area contributed by atoms with E-state index in [-0.39, 0.29) is 18.5 Å². The number of rotatable bonds is 47. The fraction of sp³-hybridized carbons (Fsp3) is 0.885. The van der Waals surface area contributed by atoms with Crippen molar-refractivity contribution in [2.45, 2.75) is 283 Å². The van der Waals surface area contributed by atoms with Crippen molar-refractivity contribution in [2.75, 3.05) is 13.2 Å². The van der Waals surface area contributed by atoms with Crippen molar-refractivity contribution in [1.82, 2.24) is 5.32 Å². The highest BCUT2D eigenvalue weighted by atomic mass is 16.5. The van der Waals surface area contributed by atoms with Gasteiger partial charge < -0.3 is 20.3 Å². The van der Waals surface area contributed by atoms with Gasteiger partial charge in [0.25, 0.3) is 0 Å². The SMILES string of the molecule is CCCCCCCC/C=C\CCCCCCCC(=O)OCCCCCCCCCCCCCC(=O)NC(CO)C(O)/C=C/CCCCCCCCCCCCCCC. The van der Waals surface area contributed by atoms with Crippen LogP contribution in [0, 0.1) is 0 Å². The average molecular weight is 818 g/mol. The lowest BCUT2D eigenvalue weighted by Crippen LogP contribution is -2.45. The summed E-state index contributed by atoms with van der Waals surface area (Å²) in [5.74, 6) is -0.110. The van der Waals surface area contributed by atoms with Crippen LogP contribution in [0.25, 0.3) is 0 Å². The molecule has 0 fully saturated rings. The van der Waals surface area contributed by atoms with Crippen molar-refractivity contribution in [3.05, 3.63) is 24.3 Å². The van der Waals surface area contributed by atoms with Crippen molar-refractivity contribution in [1.29, 1.82) is 0 Å². The molecule has 0 aromatic rings. The Morgan fingerprint density at radius 2 is 0.810 bits per heavy atom. The lowest BCUT2D eigenvalue weighted by Gasteiger charge is -2.20. The third-order valence-electron chi connectivity index (χ3n) is 11.7. The first-order valence-corrected chi connectivity index (χ1v) is 25.6. The molecule has 0 saturated heterocycles. The van der Waals surface area contributed by atoms with Gasteiger partial charge in [0, 0.05) is 12.8 Å². The first-order valence-electron chi connectivity index (χ1n) is 25.6. The number of allylic oxidation sites excluding steroid dienone is 3. The number of carbonyl (C=O) groups excluding carboxylic acids is 2. The van der Waals surface area contributed by atoms with Crippen LogP contribution in [-0.4, -0.2) is 47.4 Å². The van der Waals surface area contributed by atoms with Gasteiger partial charge in [0.15, 0.2) is 0 Å². The quantitative estimate of drug-likeness (QED) is 0.0323. The van der Waals surface area contributed by atoms with Gasteiger partial charge in [-0.3, -0.25) is 9.59 Å². The van der Waals surface area contributed by atoms with E-state index in [0.717, 1.165) is 57.8 Å². The van der Waals surface area contributed by atoms with Crippen molar-refractivity contribution < 1.29 is 24.5 Å². The zero-order valence-electron chi connectivity index (χ0n) is 38.8. The van der Waals surface area contributed by atoms with E-state index in [4.69, 9.17) is 4.74 Å². The van der Waals surface area contributed by atoms with E-state index >= 15 is 0 Å². The fourth-order valence-electron chi connectivity index (χ4n) is 7.74. The molecule has 0 saturated carbocycles. The number of carbonyl (C=O) groups is 2. The van der Waals surface area contributed by atoms with Crippen molar-refractivity contribution in [2.24, 2.45) is 0 Å². The molecule has 0 aromatic carbocycles. The summed E-state index contributed by atoms with van der Waals surface area (Å²) in [4.78, 5) is 24.4. The Kier molecular flexibility index (Phi) is 46.6. The minimum absolute atomic E-state index is 0.0235. The molecule has 0 rings (SSSR count). The number of unbranched alkanes of at least 4 members (excludes halogenated alkanes) is 34. The largest absolute Gasteiger partial charge is 0.466 e. The van der Waals surface area contributed by atoms with E-state index in [2.05, 4.69) is 31.3 Å². The van der Waals surface area contributed by atoms with Crippen LogP contribution in [0.2, 0.25) is 0 Å². The number of hydrogen-bond donors (Lipinski definition) is 3. The Hall–Kier alpha value is -1.66. The van der Waals surface area contributed by atoms with Gasteiger partial charge in [0.1, 0.15) is 0 Å². The number of esters is 1. The fourth-order valence-corrected chi connectivity index (χ4v) is 7.74. The van der Waals surface area contributed by atoms with Gasteiger partial charge >= 0.3 is 5.97 Å². The van der Waals surface area contributed by atoms with Crippen LogP contribution >= 0.6 is 0 Å². The highest BCUT2D eigenvalue weighted by Crippen LogP contribution is 2.15. The molecule has 3 N–H and O–H groups in total. The van der Waals surface area contributed by atoms with Crippen LogP contribution < -0.4 is 5.32 Å². The summed E-state index contributed by atoms with van der Waals surface area (Å²) in [5.41, 5.74) is 0. The molecule has 342 valence electrons. The lowest BCUT2D eigenvalue weighted by atomic mass is 10.0. The second kappa shape index (κ2) is 48.0. The summed E-state index contributed by atoms with van der Waals surface area (Å²) in [6.07, 6.45) is 56.0. The van der Waals surface area contributed by atoms with Gasteiger partial charge in [-0.25, -0.2) is 0 Å². The number of ether oxygens (including phenoxy) is 1. The summed E-state index contributed by atoms with van der Waals surface area (Å²) in [5, 5.41) is 23.0. The maximum absolute atomic E-state index is 12.4. The lowest BCUT2D eigenvalue weighted by molar-refractivity contribution is -0.143. The average Bonchev–Trinajstić information content (AvgIpc) is 3.22. The molecule has 2 atom stereocenters. The predicted octanol–water partition coefficient (Wildman–Crippen LogP) is 15.1. The van der Waals surface area contributed by atoms with Crippen molar-refractivity contribution in [3.8, 4) is 0 Å². The van der Waals surface area contributed by atoms with E-state index in [1.54, 1.807) is 6.08 Å². The minimum Gasteiger partial charge on any atom is -0.466 e. The first kappa shape index (κ1) is 56.3. The predicted molar refractivity (Wildman–Crippen MR) is 250 cm³/mol. The molecule has 0 aliphatic carbocycles. The number of hydrogen-bond acceptors (Lipinski definition) is 5. The molecular formula is C52H99NO5. The molecule has 0 bridgehead atoms. The van der Waals surface area contributed by atoms with Crippen LogP contribution in [0.15, 0.2) is 24.3 Å². The molecule has 0 aromatic heterocycles. The number of amides is 1. The third-order valence-corrected chi connectivity index (χ3v) is 11.7. The topological polar surface area (TPSA) is 95.9 Å². The van der Waals surface area contributed by atoms with E-state index in [0.29, 0.717) is 19.4 Å². The van der Waals surface area contributed by atoms with Crippen molar-refractivity contribution >= 4 is 11.9 Å². The molecule has 1 amide bonds. The zero-order valence-corrected chi connectivity index (χ0v) is 38.8. The standard InChI is InChI=1S/C52H99NO5/c1-3-5-7-9-11-13-15-17-19-21-24-28-32-36-40-44-50(55)49(48-54)53-51(56)45-41-37-33-29-25-23-27-31-35-39-43-47-58-52(57)46-42-38-34-30-26-22-20-18-16-14-12-10-8-6-4-2/h18,20,40,44,49-50,54-55H,3-17,19,21-39,41-43,45-48H2,1-2H3,(H,53,56)/b20-18-,44-40+. The molecule has 0 aliphatic heterocycles. The zero-order chi connectivity index (χ0) is 42.3. The third kappa shape index (κ3) is 43.9. The normalized spacial score (nSPS) is 12.8. The Balaban J connectivity index is 3.51. The summed E-state index contributed by atoms with van der Waals surface area (Å²) >= 11 is 0. The van der Waals surface area contributed by atoms with Gasteiger partial charge in [0.05, 0.1) is 25.4 Å². The smallest absolute Gasteiger partial charge is 0.305 e. The summed E-state index contributed by atoms with van der Waals surface area (Å²) in [6.45, 7) is 4.85. The summed E-state index contributed by atoms with van der Waals surface area (Å²) in [6, 6.07) is -0.641. The number of nitrogens with one attached hydrogen (secondary N) is 1. The van der Waals surface area contributed by atoms with E-state index in [1.165, 1.54) is 186 Å². The molecule has 0 radical (unpaired) electrons. The first-order chi connectivity index (χ1) is 28.5. The molecule has 6 nitrogen and oxygen atoms in total. The monoisotopic (exact) mass is 818 g/mol. The van der Waals surface area contributed by atoms with Crippen LogP contribution in [0.5, 0.6) is 0 Å². The highest BCUT2D eigenvalue weighted by molar-refractivity contribution is 5.76. The second-order valence-corrected chi connectivity index (χ2v) is 17.5. The van der Waals surface area contributed by atoms with Crippen LogP contribution in [0.4, 0.5) is 0 Å². The number of aliphatic hydroxyl groups excluding tert-OH is 2. The van der Waals surface area contributed by atoms with Gasteiger partial charge in [0.2, 0.25) is 5.91 Å². The summed E-state index contributed by atoms with van der Waals surface area (Å²) < 4.78 is 5.45. The Morgan fingerprint density at radius 1 is 0.466 bits per heavy atom. The maximum atomic E-state index is 12.4. The van der Waals surface area contributed by atoms with Gasteiger partial charge in [-0.1, -0.05) is 224 Å². The minimum atomic E-state index is -0.856. The molecular weight excluding hydrogens is 719 g/mol. The van der Waals surface area contributed by atoms with Crippen molar-refractivity contribution in [3.63, 3.8) is 0 Å². The Labute approximate surface area is 361 Å². The Bertz CT molecular complexity index is 904. The molecule has 58 heavy (non-hydrogen) atoms. The molecule has 0 heterocycles. The van der Waals surface area contributed by atoms with Gasteiger partial charge in [-0.2, -0.15) is 0 Å². The Morgan fingerprint density at radius 3 is 1.22 bits per heavy atom. The maximum Gasteiger partial charge on any atom is 0.305 e. The summed E-state index contributed by atoms with van der Waals surface area (Å²) in [7, 11) is 0. The van der Waals surface area contributed by atoms with E-state index in [9.17, 15) is 19.8 Å². The van der Waals surface area contributed by atoms with Gasteiger partial charge in [-0.15, -0.1) is 0 Å². The van der Waals surface area contributed by atoms with Crippen LogP contribution in [0.1, 0.15) is 271 Å². The molecule has 0 spiro atoms. The molecule has 6 heteroatoms. The van der Waals surface area contributed by atoms with E-state index in [1.807, 2.05) is 6.08 Å². The molecule has 0 aliphatic rings.